The summed E-state index contributed by atoms with van der Waals surface area (Å²) < 4.78 is 15.6. The van der Waals surface area contributed by atoms with Gasteiger partial charge in [-0.2, -0.15) is 0 Å². The molecule has 0 aromatic carbocycles. The van der Waals surface area contributed by atoms with E-state index in [1.807, 2.05) is 12.2 Å². The lowest BCUT2D eigenvalue weighted by Gasteiger charge is -1.92. The molecule has 16 heavy (non-hydrogen) atoms. The predicted octanol–water partition coefficient (Wildman–Crippen LogP) is 6.04. The molecule has 0 aliphatic rings. The van der Waals surface area contributed by atoms with Gasteiger partial charge >= 0.3 is 0 Å². The second-order valence-electron chi connectivity index (χ2n) is 4.31. The van der Waals surface area contributed by atoms with Gasteiger partial charge in [-0.15, -0.1) is 0 Å². The van der Waals surface area contributed by atoms with E-state index in [0.717, 1.165) is 25.7 Å². The molecular weight excluding hydrogens is 192 g/mol. The second-order valence-corrected chi connectivity index (χ2v) is 4.31. The van der Waals surface area contributed by atoms with Crippen LogP contribution >= 0.6 is 0 Å². The lowest BCUT2D eigenvalue weighted by Crippen LogP contribution is -1.72. The molecule has 0 aliphatic heterocycles. The zero-order valence-corrected chi connectivity index (χ0v) is 11.2. The molecule has 94 valence electrons. The molecule has 0 aliphatic carbocycles. The maximum atomic E-state index is 7.79. The van der Waals surface area contributed by atoms with Gasteiger partial charge in [0.2, 0.25) is 0 Å². The third kappa shape index (κ3) is 13.5. The molecule has 0 aromatic heterocycles. The van der Waals surface area contributed by atoms with E-state index >= 15 is 0 Å². The molecule has 0 N–H and O–H groups in total. The Kier molecular flexibility index (Phi) is 10.8. The predicted molar refractivity (Wildman–Crippen MR) is 75.8 cm³/mol. The number of unbranched alkanes of at least 4 members (excludes halogenated alkanes) is 6. The highest BCUT2D eigenvalue weighted by Crippen LogP contribution is 2.03. The normalized spacial score (nSPS) is 14.9. The quantitative estimate of drug-likeness (QED) is 0.296. The van der Waals surface area contributed by atoms with Crippen molar-refractivity contribution in [2.24, 2.45) is 0 Å². The maximum Gasteiger partial charge on any atom is 0.0573 e. The first kappa shape index (κ1) is 12.0. The molecule has 0 rings (SSSR count). The molecule has 0 saturated heterocycles. The van der Waals surface area contributed by atoms with Crippen molar-refractivity contribution in [3.05, 3.63) is 24.3 Å². The topological polar surface area (TPSA) is 0 Å². The average molecular weight is 224 g/mol. The first-order valence-corrected chi connectivity index (χ1v) is 7.02. The Balaban J connectivity index is 3.65. The smallest absolute Gasteiger partial charge is 0.0573 e. The highest BCUT2D eigenvalue weighted by atomic mass is 13.9. The molecule has 0 heteroatoms. The molecule has 0 fully saturated rings. The van der Waals surface area contributed by atoms with Gasteiger partial charge in [0.05, 0.1) is 2.74 Å². The zero-order chi connectivity index (χ0) is 13.6. The third-order valence-corrected chi connectivity index (χ3v) is 2.61. The van der Waals surface area contributed by atoms with E-state index in [9.17, 15) is 0 Å². The van der Waals surface area contributed by atoms with Crippen molar-refractivity contribution in [3.63, 3.8) is 0 Å². The average Bonchev–Trinajstić information content (AvgIpc) is 2.37. The summed E-state index contributed by atoms with van der Waals surface area (Å²) >= 11 is 0. The summed E-state index contributed by atoms with van der Waals surface area (Å²) in [6.45, 7) is 4.39. The summed E-state index contributed by atoms with van der Waals surface area (Å²) in [5, 5.41) is 0. The largest absolute Gasteiger partial charge is 0.0885 e. The molecule has 0 saturated carbocycles. The van der Waals surface area contributed by atoms with Gasteiger partial charge in [-0.1, -0.05) is 63.8 Å². The van der Waals surface area contributed by atoms with E-state index in [0.29, 0.717) is 12.1 Å². The van der Waals surface area contributed by atoms with Gasteiger partial charge in [0.15, 0.2) is 0 Å². The Morgan fingerprint density at radius 3 is 1.50 bits per heavy atom. The summed E-state index contributed by atoms with van der Waals surface area (Å²) in [5.41, 5.74) is 0. The van der Waals surface area contributed by atoms with Gasteiger partial charge < -0.3 is 0 Å². The van der Waals surface area contributed by atoms with E-state index in [1.54, 1.807) is 0 Å². The van der Waals surface area contributed by atoms with E-state index in [2.05, 4.69) is 13.8 Å². The zero-order valence-electron chi connectivity index (χ0n) is 13.2. The standard InChI is InChI=1S/C16H30/c1-3-5-7-9-11-13-15-16-14-12-10-8-6-4-2/h11-14H,3-10,15-16H2,1-2H3/b13-11-,14-12-/i13D,14D. The van der Waals surface area contributed by atoms with Crippen molar-refractivity contribution in [1.29, 1.82) is 0 Å². The van der Waals surface area contributed by atoms with Crippen LogP contribution in [-0.2, 0) is 0 Å². The monoisotopic (exact) mass is 224 g/mol. The lowest BCUT2D eigenvalue weighted by molar-refractivity contribution is 0.726. The summed E-state index contributed by atoms with van der Waals surface area (Å²) in [6, 6.07) is 1.41. The highest BCUT2D eigenvalue weighted by Gasteiger charge is 1.83. The van der Waals surface area contributed by atoms with Crippen molar-refractivity contribution < 1.29 is 2.74 Å². The summed E-state index contributed by atoms with van der Waals surface area (Å²) in [4.78, 5) is 0. The van der Waals surface area contributed by atoms with Crippen LogP contribution in [0.4, 0.5) is 0 Å². The first-order chi connectivity index (χ1) is 8.70. The molecule has 0 atom stereocenters. The molecular formula is C16H30. The van der Waals surface area contributed by atoms with Crippen LogP contribution in [0.25, 0.3) is 0 Å². The van der Waals surface area contributed by atoms with Gasteiger partial charge in [0, 0.05) is 0 Å². The third-order valence-electron chi connectivity index (χ3n) is 2.61. The fraction of sp³-hybridized carbons (Fsp3) is 0.750. The second kappa shape index (κ2) is 14.5. The molecule has 0 unspecified atom stereocenters. The highest BCUT2D eigenvalue weighted by molar-refractivity contribution is 4.87. The Bertz CT molecular complexity index is 215. The SMILES string of the molecule is [2H]/C(=C/CCCCC)CC/C([2H])=C\CCCCC. The van der Waals surface area contributed by atoms with Crippen molar-refractivity contribution in [2.45, 2.75) is 78.1 Å². The van der Waals surface area contributed by atoms with Crippen LogP contribution in [0.1, 0.15) is 80.8 Å². The minimum Gasteiger partial charge on any atom is -0.0885 e. The molecule has 0 bridgehead atoms. The van der Waals surface area contributed by atoms with Crippen LogP contribution in [0.5, 0.6) is 0 Å². The summed E-state index contributed by atoms with van der Waals surface area (Å²) in [5.74, 6) is 0. The molecule has 0 nitrogen and oxygen atoms in total. The summed E-state index contributed by atoms with van der Waals surface area (Å²) in [6.07, 6.45) is 14.9. The van der Waals surface area contributed by atoms with Crippen LogP contribution in [0.15, 0.2) is 24.3 Å². The van der Waals surface area contributed by atoms with Crippen molar-refractivity contribution in [1.82, 2.24) is 0 Å². The Hall–Kier alpha value is -0.520. The Labute approximate surface area is 106 Å². The number of hydrogen-bond donors (Lipinski definition) is 0. The van der Waals surface area contributed by atoms with Crippen LogP contribution in [0.3, 0.4) is 0 Å². The minimum atomic E-state index is 0.706. The van der Waals surface area contributed by atoms with Crippen LogP contribution in [0.2, 0.25) is 0 Å². The van der Waals surface area contributed by atoms with E-state index in [1.165, 1.54) is 38.5 Å². The van der Waals surface area contributed by atoms with Crippen LogP contribution in [0, 0.1) is 0 Å². The van der Waals surface area contributed by atoms with Crippen molar-refractivity contribution in [3.8, 4) is 0 Å². The number of allylic oxidation sites excluding steroid dienone is 4. The van der Waals surface area contributed by atoms with Crippen molar-refractivity contribution >= 4 is 0 Å². The van der Waals surface area contributed by atoms with Crippen LogP contribution < -0.4 is 0 Å². The molecule has 0 heterocycles. The molecule has 0 radical (unpaired) electrons. The first-order valence-electron chi connectivity index (χ1n) is 8.02. The van der Waals surface area contributed by atoms with E-state index < -0.39 is 0 Å². The van der Waals surface area contributed by atoms with Gasteiger partial charge in [-0.3, -0.25) is 0 Å². The summed E-state index contributed by atoms with van der Waals surface area (Å²) in [7, 11) is 0. The maximum absolute atomic E-state index is 7.79. The molecule has 0 amide bonds. The number of rotatable bonds is 11. The molecule has 0 aromatic rings. The van der Waals surface area contributed by atoms with Crippen LogP contribution in [-0.4, -0.2) is 0 Å². The Morgan fingerprint density at radius 2 is 1.12 bits per heavy atom. The van der Waals surface area contributed by atoms with Gasteiger partial charge in [0.1, 0.15) is 0 Å². The fourth-order valence-corrected chi connectivity index (χ4v) is 1.55. The number of hydrogen-bond acceptors (Lipinski definition) is 0. The lowest BCUT2D eigenvalue weighted by atomic mass is 10.1. The molecule has 0 spiro atoms. The Morgan fingerprint density at radius 1 is 0.688 bits per heavy atom. The van der Waals surface area contributed by atoms with E-state index in [4.69, 9.17) is 2.74 Å². The van der Waals surface area contributed by atoms with Crippen molar-refractivity contribution in [2.75, 3.05) is 0 Å². The van der Waals surface area contributed by atoms with Gasteiger partial charge in [0.25, 0.3) is 0 Å². The van der Waals surface area contributed by atoms with Gasteiger partial charge in [-0.05, 0) is 38.5 Å². The van der Waals surface area contributed by atoms with Gasteiger partial charge in [-0.25, -0.2) is 0 Å². The van der Waals surface area contributed by atoms with E-state index in [-0.39, 0.29) is 0 Å². The fourth-order valence-electron chi connectivity index (χ4n) is 1.55. The minimum absolute atomic E-state index is 0.706.